The fraction of sp³-hybridized carbons (Fsp3) is 0.308. The maximum atomic E-state index is 4.49. The third-order valence-corrected chi connectivity index (χ3v) is 2.94. The molecule has 0 aromatic carbocycles. The van der Waals surface area contributed by atoms with Crippen molar-refractivity contribution in [3.05, 3.63) is 46.1 Å². The molecule has 2 aromatic heterocycles. The lowest BCUT2D eigenvalue weighted by atomic mass is 10.3. The van der Waals surface area contributed by atoms with Crippen LogP contribution in [0.25, 0.3) is 0 Å². The molecule has 94 valence electrons. The minimum atomic E-state index is 0.727. The van der Waals surface area contributed by atoms with Gasteiger partial charge in [0.1, 0.15) is 16.2 Å². The standard InChI is InChI=1S/C13H15BrN4/c1-9-5-4-6-11(15-9)8-18(3)13-7-12(14)16-10(2)17-13/h4-7H,8H2,1-3H3. The fourth-order valence-corrected chi connectivity index (χ4v) is 2.18. The van der Waals surface area contributed by atoms with Crippen molar-refractivity contribution in [2.24, 2.45) is 0 Å². The SMILES string of the molecule is Cc1cccc(CN(C)c2cc(Br)nc(C)n2)n1. The highest BCUT2D eigenvalue weighted by atomic mass is 79.9. The number of aromatic nitrogens is 3. The summed E-state index contributed by atoms with van der Waals surface area (Å²) in [7, 11) is 2.00. The van der Waals surface area contributed by atoms with Crippen LogP contribution in [0.1, 0.15) is 17.2 Å². The number of halogens is 1. The average molecular weight is 307 g/mol. The molecule has 0 aliphatic rings. The zero-order valence-electron chi connectivity index (χ0n) is 10.7. The summed E-state index contributed by atoms with van der Waals surface area (Å²) in [6.07, 6.45) is 0. The van der Waals surface area contributed by atoms with Crippen molar-refractivity contribution in [2.45, 2.75) is 20.4 Å². The number of hydrogen-bond acceptors (Lipinski definition) is 4. The van der Waals surface area contributed by atoms with Gasteiger partial charge in [-0.3, -0.25) is 4.98 Å². The second-order valence-electron chi connectivity index (χ2n) is 4.22. The quantitative estimate of drug-likeness (QED) is 0.818. The molecule has 5 heteroatoms. The summed E-state index contributed by atoms with van der Waals surface area (Å²) in [4.78, 5) is 15.2. The highest BCUT2D eigenvalue weighted by Crippen LogP contribution is 2.16. The van der Waals surface area contributed by atoms with Gasteiger partial charge < -0.3 is 4.90 Å². The molecule has 0 aliphatic heterocycles. The Kier molecular flexibility index (Phi) is 3.91. The van der Waals surface area contributed by atoms with Crippen LogP contribution in [0.4, 0.5) is 5.82 Å². The Hall–Kier alpha value is -1.49. The van der Waals surface area contributed by atoms with E-state index in [4.69, 9.17) is 0 Å². The molecule has 2 heterocycles. The van der Waals surface area contributed by atoms with Gasteiger partial charge in [-0.05, 0) is 41.9 Å². The molecule has 0 saturated carbocycles. The van der Waals surface area contributed by atoms with Gasteiger partial charge in [-0.25, -0.2) is 9.97 Å². The van der Waals surface area contributed by atoms with E-state index in [0.29, 0.717) is 0 Å². The number of anilines is 1. The number of hydrogen-bond donors (Lipinski definition) is 0. The zero-order chi connectivity index (χ0) is 13.1. The average Bonchev–Trinajstić information content (AvgIpc) is 2.27. The number of rotatable bonds is 3. The van der Waals surface area contributed by atoms with Gasteiger partial charge >= 0.3 is 0 Å². The van der Waals surface area contributed by atoms with Crippen LogP contribution in [-0.4, -0.2) is 22.0 Å². The Morgan fingerprint density at radius 3 is 2.61 bits per heavy atom. The minimum absolute atomic E-state index is 0.727. The Bertz CT molecular complexity index is 536. The van der Waals surface area contributed by atoms with Crippen LogP contribution in [-0.2, 0) is 6.54 Å². The van der Waals surface area contributed by atoms with Crippen LogP contribution in [0.3, 0.4) is 0 Å². The molecule has 0 saturated heterocycles. The maximum Gasteiger partial charge on any atom is 0.133 e. The summed E-state index contributed by atoms with van der Waals surface area (Å²) in [5.74, 6) is 1.64. The normalized spacial score (nSPS) is 10.4. The van der Waals surface area contributed by atoms with Gasteiger partial charge in [0, 0.05) is 18.8 Å². The van der Waals surface area contributed by atoms with Gasteiger partial charge in [0.2, 0.25) is 0 Å². The summed E-state index contributed by atoms with van der Waals surface area (Å²) >= 11 is 3.38. The molecule has 2 aromatic rings. The molecule has 0 N–H and O–H groups in total. The van der Waals surface area contributed by atoms with E-state index in [0.717, 1.165) is 34.2 Å². The van der Waals surface area contributed by atoms with Gasteiger partial charge in [-0.2, -0.15) is 0 Å². The largest absolute Gasteiger partial charge is 0.354 e. The number of pyridine rings is 1. The summed E-state index contributed by atoms with van der Waals surface area (Å²) in [5.41, 5.74) is 2.06. The molecule has 4 nitrogen and oxygen atoms in total. The molecule has 2 rings (SSSR count). The predicted molar refractivity (Wildman–Crippen MR) is 75.6 cm³/mol. The Morgan fingerprint density at radius 2 is 1.94 bits per heavy atom. The molecule has 0 spiro atoms. The highest BCUT2D eigenvalue weighted by Gasteiger charge is 2.07. The van der Waals surface area contributed by atoms with E-state index in [1.807, 2.05) is 45.2 Å². The van der Waals surface area contributed by atoms with Crippen molar-refractivity contribution in [1.82, 2.24) is 15.0 Å². The summed E-state index contributed by atoms with van der Waals surface area (Å²) in [6.45, 7) is 4.60. The van der Waals surface area contributed by atoms with E-state index < -0.39 is 0 Å². The van der Waals surface area contributed by atoms with Crippen LogP contribution < -0.4 is 4.90 Å². The zero-order valence-corrected chi connectivity index (χ0v) is 12.3. The first-order valence-electron chi connectivity index (χ1n) is 5.69. The molecule has 0 unspecified atom stereocenters. The lowest BCUT2D eigenvalue weighted by molar-refractivity contribution is 0.845. The van der Waals surface area contributed by atoms with E-state index in [1.165, 1.54) is 0 Å². The molecule has 0 atom stereocenters. The fourth-order valence-electron chi connectivity index (χ4n) is 1.72. The van der Waals surface area contributed by atoms with Crippen molar-refractivity contribution in [2.75, 3.05) is 11.9 Å². The first-order chi connectivity index (χ1) is 8.54. The van der Waals surface area contributed by atoms with Crippen molar-refractivity contribution < 1.29 is 0 Å². The molecule has 0 amide bonds. The molecule has 0 aliphatic carbocycles. The third-order valence-electron chi connectivity index (χ3n) is 2.53. The van der Waals surface area contributed by atoms with Crippen LogP contribution >= 0.6 is 15.9 Å². The van der Waals surface area contributed by atoms with Crippen molar-refractivity contribution in [3.63, 3.8) is 0 Å². The molecule has 0 bridgehead atoms. The van der Waals surface area contributed by atoms with Crippen LogP contribution in [0.15, 0.2) is 28.9 Å². The maximum absolute atomic E-state index is 4.49. The third kappa shape index (κ3) is 3.26. The molecule has 18 heavy (non-hydrogen) atoms. The monoisotopic (exact) mass is 306 g/mol. The van der Waals surface area contributed by atoms with Gasteiger partial charge in [0.15, 0.2) is 0 Å². The van der Waals surface area contributed by atoms with Gasteiger partial charge in [-0.1, -0.05) is 6.07 Å². The Labute approximate surface area is 115 Å². The van der Waals surface area contributed by atoms with Crippen LogP contribution in [0.5, 0.6) is 0 Å². The number of aryl methyl sites for hydroxylation is 2. The van der Waals surface area contributed by atoms with Gasteiger partial charge in [0.25, 0.3) is 0 Å². The van der Waals surface area contributed by atoms with Crippen LogP contribution in [0, 0.1) is 13.8 Å². The van der Waals surface area contributed by atoms with E-state index in [1.54, 1.807) is 0 Å². The molecular formula is C13H15BrN4. The van der Waals surface area contributed by atoms with Crippen molar-refractivity contribution in [1.29, 1.82) is 0 Å². The predicted octanol–water partition coefficient (Wildman–Crippen LogP) is 2.89. The smallest absolute Gasteiger partial charge is 0.133 e. The topological polar surface area (TPSA) is 41.9 Å². The summed E-state index contributed by atoms with van der Waals surface area (Å²) < 4.78 is 0.800. The number of nitrogens with zero attached hydrogens (tertiary/aromatic N) is 4. The first-order valence-corrected chi connectivity index (χ1v) is 6.49. The molecular weight excluding hydrogens is 292 g/mol. The second kappa shape index (κ2) is 5.44. The highest BCUT2D eigenvalue weighted by molar-refractivity contribution is 9.10. The minimum Gasteiger partial charge on any atom is -0.354 e. The van der Waals surface area contributed by atoms with E-state index in [9.17, 15) is 0 Å². The van der Waals surface area contributed by atoms with Crippen molar-refractivity contribution >= 4 is 21.7 Å². The summed E-state index contributed by atoms with van der Waals surface area (Å²) in [5, 5.41) is 0. The van der Waals surface area contributed by atoms with E-state index in [-0.39, 0.29) is 0 Å². The molecule has 0 radical (unpaired) electrons. The van der Waals surface area contributed by atoms with Crippen LogP contribution in [0.2, 0.25) is 0 Å². The van der Waals surface area contributed by atoms with E-state index >= 15 is 0 Å². The van der Waals surface area contributed by atoms with Gasteiger partial charge in [0.05, 0.1) is 12.2 Å². The van der Waals surface area contributed by atoms with Gasteiger partial charge in [-0.15, -0.1) is 0 Å². The molecule has 0 fully saturated rings. The summed E-state index contributed by atoms with van der Waals surface area (Å²) in [6, 6.07) is 7.94. The lowest BCUT2D eigenvalue weighted by Crippen LogP contribution is -2.19. The first kappa shape index (κ1) is 13.0. The lowest BCUT2D eigenvalue weighted by Gasteiger charge is -2.18. The Morgan fingerprint density at radius 1 is 1.17 bits per heavy atom. The Balaban J connectivity index is 2.19. The van der Waals surface area contributed by atoms with E-state index in [2.05, 4.69) is 35.8 Å². The van der Waals surface area contributed by atoms with Crippen molar-refractivity contribution in [3.8, 4) is 0 Å². The second-order valence-corrected chi connectivity index (χ2v) is 5.03.